The van der Waals surface area contributed by atoms with Gasteiger partial charge in [0, 0.05) is 20.1 Å². The summed E-state index contributed by atoms with van der Waals surface area (Å²) in [5.41, 5.74) is -1.30. The molecule has 0 heterocycles. The van der Waals surface area contributed by atoms with Gasteiger partial charge in [0.1, 0.15) is 5.60 Å². The SMILES string of the molecule is CCOC(C)OC(=O)C12CC3CC(CC(OC(=O)C(C)C(C)C(=O)OC(C)OC)(C3)C1)C2. The minimum absolute atomic E-state index is 0.244. The molecule has 4 aliphatic rings. The highest BCUT2D eigenvalue weighted by atomic mass is 16.7. The third-order valence-electron chi connectivity index (χ3n) is 7.54. The number of esters is 3. The summed E-state index contributed by atoms with van der Waals surface area (Å²) in [6.07, 6.45) is 3.32. The maximum Gasteiger partial charge on any atom is 0.314 e. The molecule has 4 bridgehead atoms. The number of methoxy groups -OCH3 is 1. The smallest absolute Gasteiger partial charge is 0.314 e. The molecule has 0 aromatic heterocycles. The molecule has 4 fully saturated rings. The minimum atomic E-state index is -0.679. The van der Waals surface area contributed by atoms with E-state index in [1.165, 1.54) is 7.11 Å². The van der Waals surface area contributed by atoms with Crippen molar-refractivity contribution >= 4 is 17.9 Å². The Morgan fingerprint density at radius 2 is 1.47 bits per heavy atom. The van der Waals surface area contributed by atoms with Crippen molar-refractivity contribution in [3.05, 3.63) is 0 Å². The lowest BCUT2D eigenvalue weighted by Crippen LogP contribution is -2.60. The Balaban J connectivity index is 1.69. The Morgan fingerprint density at radius 1 is 0.875 bits per heavy atom. The highest BCUT2D eigenvalue weighted by molar-refractivity contribution is 5.82. The van der Waals surface area contributed by atoms with Gasteiger partial charge in [-0.3, -0.25) is 14.4 Å². The second kappa shape index (κ2) is 9.67. The molecule has 4 aliphatic carbocycles. The maximum absolute atomic E-state index is 13.2. The number of hydrogen-bond donors (Lipinski definition) is 0. The zero-order chi connectivity index (χ0) is 23.7. The molecule has 32 heavy (non-hydrogen) atoms. The molecule has 0 radical (unpaired) electrons. The molecular weight excluding hydrogens is 416 g/mol. The lowest BCUT2D eigenvalue weighted by Gasteiger charge is -2.60. The second-order valence-electron chi connectivity index (χ2n) is 10.1. The quantitative estimate of drug-likeness (QED) is 0.281. The van der Waals surface area contributed by atoms with Crippen LogP contribution in [0.5, 0.6) is 0 Å². The van der Waals surface area contributed by atoms with E-state index in [1.807, 2.05) is 6.92 Å². The summed E-state index contributed by atoms with van der Waals surface area (Å²) in [4.78, 5) is 38.6. The van der Waals surface area contributed by atoms with E-state index in [2.05, 4.69) is 0 Å². The van der Waals surface area contributed by atoms with E-state index in [0.29, 0.717) is 24.9 Å². The average Bonchev–Trinajstić information content (AvgIpc) is 2.71. The number of ether oxygens (including phenoxy) is 5. The second-order valence-corrected chi connectivity index (χ2v) is 10.1. The van der Waals surface area contributed by atoms with Crippen LogP contribution in [-0.2, 0) is 38.1 Å². The fourth-order valence-corrected chi connectivity index (χ4v) is 6.11. The lowest BCUT2D eigenvalue weighted by atomic mass is 9.48. The molecule has 0 aromatic carbocycles. The normalized spacial score (nSPS) is 34.3. The van der Waals surface area contributed by atoms with Gasteiger partial charge in [0.25, 0.3) is 0 Å². The largest absolute Gasteiger partial charge is 0.459 e. The van der Waals surface area contributed by atoms with Gasteiger partial charge in [-0.25, -0.2) is 0 Å². The van der Waals surface area contributed by atoms with Crippen LogP contribution in [0.1, 0.15) is 73.1 Å². The highest BCUT2D eigenvalue weighted by Gasteiger charge is 2.63. The summed E-state index contributed by atoms with van der Waals surface area (Å²) in [5.74, 6) is -1.84. The molecule has 6 atom stereocenters. The summed E-state index contributed by atoms with van der Waals surface area (Å²) in [6.45, 7) is 9.01. The van der Waals surface area contributed by atoms with Gasteiger partial charge < -0.3 is 23.7 Å². The summed E-state index contributed by atoms with van der Waals surface area (Å²) in [6, 6.07) is 0. The van der Waals surface area contributed by atoms with Gasteiger partial charge in [-0.2, -0.15) is 0 Å². The first-order valence-electron chi connectivity index (χ1n) is 11.8. The molecular formula is C24H38O8. The van der Waals surface area contributed by atoms with Crippen molar-refractivity contribution in [1.82, 2.24) is 0 Å². The summed E-state index contributed by atoms with van der Waals surface area (Å²) >= 11 is 0. The Labute approximate surface area is 190 Å². The molecule has 0 aliphatic heterocycles. The van der Waals surface area contributed by atoms with Crippen molar-refractivity contribution in [2.45, 2.75) is 91.3 Å². The van der Waals surface area contributed by atoms with Crippen LogP contribution in [-0.4, -0.2) is 49.8 Å². The molecule has 0 spiro atoms. The fraction of sp³-hybridized carbons (Fsp3) is 0.875. The molecule has 182 valence electrons. The molecule has 6 unspecified atom stereocenters. The first-order valence-corrected chi connectivity index (χ1v) is 11.8. The van der Waals surface area contributed by atoms with Crippen LogP contribution in [0, 0.1) is 29.1 Å². The fourth-order valence-electron chi connectivity index (χ4n) is 6.11. The zero-order valence-corrected chi connectivity index (χ0v) is 20.2. The number of carbonyl (C=O) groups is 3. The van der Waals surface area contributed by atoms with Crippen LogP contribution in [0.25, 0.3) is 0 Å². The third kappa shape index (κ3) is 5.11. The topological polar surface area (TPSA) is 97.4 Å². The van der Waals surface area contributed by atoms with Gasteiger partial charge in [-0.15, -0.1) is 0 Å². The van der Waals surface area contributed by atoms with E-state index in [1.54, 1.807) is 27.7 Å². The van der Waals surface area contributed by atoms with Gasteiger partial charge in [0.15, 0.2) is 12.6 Å². The van der Waals surface area contributed by atoms with Crippen molar-refractivity contribution in [3.63, 3.8) is 0 Å². The molecule has 0 N–H and O–H groups in total. The van der Waals surface area contributed by atoms with Crippen LogP contribution in [0.3, 0.4) is 0 Å². The van der Waals surface area contributed by atoms with E-state index < -0.39 is 47.4 Å². The van der Waals surface area contributed by atoms with Crippen LogP contribution in [0.2, 0.25) is 0 Å². The lowest BCUT2D eigenvalue weighted by molar-refractivity contribution is -0.226. The highest BCUT2D eigenvalue weighted by Crippen LogP contribution is 2.63. The summed E-state index contributed by atoms with van der Waals surface area (Å²) < 4.78 is 27.3. The molecule has 0 amide bonds. The Bertz CT molecular complexity index is 705. The van der Waals surface area contributed by atoms with E-state index in [-0.39, 0.29) is 5.97 Å². The van der Waals surface area contributed by atoms with E-state index in [4.69, 9.17) is 23.7 Å². The molecule has 4 rings (SSSR count). The molecule has 8 nitrogen and oxygen atoms in total. The van der Waals surface area contributed by atoms with E-state index in [9.17, 15) is 14.4 Å². The van der Waals surface area contributed by atoms with Crippen LogP contribution < -0.4 is 0 Å². The maximum atomic E-state index is 13.2. The molecule has 8 heteroatoms. The van der Waals surface area contributed by atoms with Crippen molar-refractivity contribution in [1.29, 1.82) is 0 Å². The van der Waals surface area contributed by atoms with Gasteiger partial charge in [-0.1, -0.05) is 13.8 Å². The van der Waals surface area contributed by atoms with E-state index in [0.717, 1.165) is 32.1 Å². The molecule has 4 saturated carbocycles. The van der Waals surface area contributed by atoms with Crippen molar-refractivity contribution < 1.29 is 38.1 Å². The number of rotatable bonds is 10. The predicted octanol–water partition coefficient (Wildman–Crippen LogP) is 3.60. The summed E-state index contributed by atoms with van der Waals surface area (Å²) in [7, 11) is 1.45. The number of carbonyl (C=O) groups excluding carboxylic acids is 3. The number of hydrogen-bond acceptors (Lipinski definition) is 8. The van der Waals surface area contributed by atoms with Gasteiger partial charge in [0.05, 0.1) is 17.3 Å². The standard InChI is InChI=1S/C24H38O8/c1-7-29-17(5)31-22(27)23-9-18-8-19(10-23)12-24(11-18,13-23)32-21(26)15(3)14(2)20(25)30-16(4)28-6/h14-19H,7-13H2,1-6H3. The van der Waals surface area contributed by atoms with Crippen LogP contribution >= 0.6 is 0 Å². The Morgan fingerprint density at radius 3 is 2.03 bits per heavy atom. The van der Waals surface area contributed by atoms with E-state index >= 15 is 0 Å². The van der Waals surface area contributed by atoms with Gasteiger partial charge >= 0.3 is 17.9 Å². The molecule has 0 saturated heterocycles. The first-order chi connectivity index (χ1) is 15.0. The first kappa shape index (κ1) is 25.0. The van der Waals surface area contributed by atoms with Crippen LogP contribution in [0.4, 0.5) is 0 Å². The Hall–Kier alpha value is -1.67. The van der Waals surface area contributed by atoms with Gasteiger partial charge in [0.2, 0.25) is 0 Å². The van der Waals surface area contributed by atoms with Crippen molar-refractivity contribution in [3.8, 4) is 0 Å². The Kier molecular flexibility index (Phi) is 7.55. The minimum Gasteiger partial charge on any atom is -0.459 e. The predicted molar refractivity (Wildman–Crippen MR) is 114 cm³/mol. The summed E-state index contributed by atoms with van der Waals surface area (Å²) in [5, 5.41) is 0. The van der Waals surface area contributed by atoms with Crippen molar-refractivity contribution in [2.75, 3.05) is 13.7 Å². The van der Waals surface area contributed by atoms with Crippen LogP contribution in [0.15, 0.2) is 0 Å². The van der Waals surface area contributed by atoms with Gasteiger partial charge in [-0.05, 0) is 64.7 Å². The third-order valence-corrected chi connectivity index (χ3v) is 7.54. The average molecular weight is 455 g/mol. The molecule has 0 aromatic rings. The zero-order valence-electron chi connectivity index (χ0n) is 20.2. The van der Waals surface area contributed by atoms with Crippen molar-refractivity contribution in [2.24, 2.45) is 29.1 Å². The monoisotopic (exact) mass is 454 g/mol.